The molecule has 0 aliphatic rings. The molecular formula is C17H24O3Si. The molecule has 0 bridgehead atoms. The molecule has 1 rings (SSSR count). The van der Waals surface area contributed by atoms with E-state index in [0.29, 0.717) is 12.2 Å². The van der Waals surface area contributed by atoms with Crippen molar-refractivity contribution in [3.63, 3.8) is 0 Å². The van der Waals surface area contributed by atoms with Crippen molar-refractivity contribution in [1.29, 1.82) is 0 Å². The predicted molar refractivity (Wildman–Crippen MR) is 89.0 cm³/mol. The Labute approximate surface area is 128 Å². The van der Waals surface area contributed by atoms with Gasteiger partial charge in [0, 0.05) is 0 Å². The van der Waals surface area contributed by atoms with Gasteiger partial charge in [0.25, 0.3) is 0 Å². The summed E-state index contributed by atoms with van der Waals surface area (Å²) in [7, 11) is -1.83. The minimum Gasteiger partial charge on any atom is -0.293 e. The summed E-state index contributed by atoms with van der Waals surface area (Å²) >= 11 is 0. The molecule has 0 aliphatic carbocycles. The highest BCUT2D eigenvalue weighted by Gasteiger charge is 2.22. The average molecular weight is 304 g/mol. The predicted octanol–water partition coefficient (Wildman–Crippen LogP) is 3.70. The first kappa shape index (κ1) is 17.4. The Morgan fingerprint density at radius 2 is 1.81 bits per heavy atom. The van der Waals surface area contributed by atoms with Crippen LogP contribution in [0.2, 0.25) is 6.55 Å². The third-order valence-electron chi connectivity index (χ3n) is 3.56. The smallest absolute Gasteiger partial charge is 0.293 e. The molecule has 1 aromatic rings. The fourth-order valence-electron chi connectivity index (χ4n) is 1.84. The van der Waals surface area contributed by atoms with Gasteiger partial charge in [-0.3, -0.25) is 4.89 Å². The minimum absolute atomic E-state index is 0.440. The Bertz CT molecular complexity index is 471. The van der Waals surface area contributed by atoms with Gasteiger partial charge in [0.1, 0.15) is 8.07 Å². The van der Waals surface area contributed by atoms with Crippen molar-refractivity contribution in [2.75, 3.05) is 6.61 Å². The monoisotopic (exact) mass is 304 g/mol. The van der Waals surface area contributed by atoms with Gasteiger partial charge < -0.3 is 0 Å². The second-order valence-electron chi connectivity index (χ2n) is 5.17. The van der Waals surface area contributed by atoms with E-state index in [-0.39, 0.29) is 0 Å². The summed E-state index contributed by atoms with van der Waals surface area (Å²) < 4.78 is 0. The van der Waals surface area contributed by atoms with Crippen LogP contribution in [-0.2, 0) is 9.78 Å². The van der Waals surface area contributed by atoms with Crippen LogP contribution in [0.1, 0.15) is 36.5 Å². The summed E-state index contributed by atoms with van der Waals surface area (Å²) in [6, 6.07) is 7.38. The highest BCUT2D eigenvalue weighted by molar-refractivity contribution is 6.98. The van der Waals surface area contributed by atoms with Crippen LogP contribution >= 0.6 is 0 Å². The Hall–Kier alpha value is -1.65. The zero-order chi connectivity index (χ0) is 15.7. The number of hydrogen-bond acceptors (Lipinski definition) is 3. The molecule has 3 nitrogen and oxygen atoms in total. The number of rotatable bonds is 9. The molecule has 0 radical (unpaired) electrons. The van der Waals surface area contributed by atoms with Gasteiger partial charge in [-0.1, -0.05) is 55.0 Å². The van der Waals surface area contributed by atoms with Gasteiger partial charge in [0.05, 0.1) is 12.2 Å². The second-order valence-corrected chi connectivity index (χ2v) is 9.13. The first-order valence-corrected chi connectivity index (χ1v) is 9.94. The van der Waals surface area contributed by atoms with E-state index >= 15 is 0 Å². The number of carbonyl (C=O) groups is 1. The summed E-state index contributed by atoms with van der Waals surface area (Å²) in [5, 5.41) is 1.16. The average Bonchev–Trinajstić information content (AvgIpc) is 2.54. The van der Waals surface area contributed by atoms with E-state index in [4.69, 9.17) is 9.78 Å². The molecule has 0 amide bonds. The van der Waals surface area contributed by atoms with Crippen molar-refractivity contribution in [2.45, 2.75) is 32.7 Å². The van der Waals surface area contributed by atoms with Crippen molar-refractivity contribution in [1.82, 2.24) is 0 Å². The first-order valence-electron chi connectivity index (χ1n) is 7.29. The lowest BCUT2D eigenvalue weighted by atomic mass is 10.2. The van der Waals surface area contributed by atoms with E-state index in [1.165, 1.54) is 0 Å². The highest BCUT2D eigenvalue weighted by Crippen LogP contribution is 2.09. The summed E-state index contributed by atoms with van der Waals surface area (Å²) in [5.74, 6) is -0.460. The van der Waals surface area contributed by atoms with Crippen LogP contribution in [0.15, 0.2) is 48.8 Å². The number of carbonyl (C=O) groups excluding carboxylic acids is 1. The van der Waals surface area contributed by atoms with Gasteiger partial charge in [0.15, 0.2) is 0 Å². The van der Waals surface area contributed by atoms with E-state index in [1.54, 1.807) is 12.1 Å². The van der Waals surface area contributed by atoms with E-state index in [1.807, 2.05) is 23.5 Å². The van der Waals surface area contributed by atoms with Crippen LogP contribution in [0, 0.1) is 0 Å². The largest absolute Gasteiger partial charge is 0.373 e. The summed E-state index contributed by atoms with van der Waals surface area (Å²) in [6.45, 7) is 12.5. The molecule has 114 valence electrons. The summed E-state index contributed by atoms with van der Waals surface area (Å²) in [5.41, 5.74) is 4.41. The zero-order valence-corrected chi connectivity index (χ0v) is 13.9. The molecular weight excluding hydrogens is 280 g/mol. The topological polar surface area (TPSA) is 35.5 Å². The Kier molecular flexibility index (Phi) is 7.12. The fourth-order valence-corrected chi connectivity index (χ4v) is 3.36. The van der Waals surface area contributed by atoms with Crippen molar-refractivity contribution in [3.05, 3.63) is 54.4 Å². The molecule has 0 N–H and O–H groups in total. The van der Waals surface area contributed by atoms with Crippen molar-refractivity contribution >= 4 is 19.2 Å². The Morgan fingerprint density at radius 3 is 2.33 bits per heavy atom. The Morgan fingerprint density at radius 1 is 1.19 bits per heavy atom. The number of unbranched alkanes of at least 4 members (excludes halogenated alkanes) is 2. The SMILES string of the molecule is C=C[Si](C)(C=C)c1ccc(C(=O)OOCCCCC)cc1. The van der Waals surface area contributed by atoms with Crippen LogP contribution in [0.25, 0.3) is 0 Å². The van der Waals surface area contributed by atoms with Gasteiger partial charge >= 0.3 is 5.97 Å². The third-order valence-corrected chi connectivity index (χ3v) is 6.83. The highest BCUT2D eigenvalue weighted by atomic mass is 28.3. The van der Waals surface area contributed by atoms with E-state index in [2.05, 4.69) is 26.6 Å². The third kappa shape index (κ3) is 4.99. The fraction of sp³-hybridized carbons (Fsp3) is 0.353. The molecule has 0 fully saturated rings. The molecule has 0 atom stereocenters. The van der Waals surface area contributed by atoms with Gasteiger partial charge in [-0.05, 0) is 18.6 Å². The second kappa shape index (κ2) is 8.59. The van der Waals surface area contributed by atoms with Crippen LogP contribution in [0.5, 0.6) is 0 Å². The lowest BCUT2D eigenvalue weighted by molar-refractivity contribution is -0.241. The number of hydrogen-bond donors (Lipinski definition) is 0. The molecule has 1 aromatic carbocycles. The van der Waals surface area contributed by atoms with Crippen LogP contribution in [0.3, 0.4) is 0 Å². The normalized spacial score (nSPS) is 11.0. The molecule has 0 saturated heterocycles. The van der Waals surface area contributed by atoms with Crippen molar-refractivity contribution in [2.24, 2.45) is 0 Å². The van der Waals surface area contributed by atoms with Gasteiger partial charge in [-0.25, -0.2) is 4.79 Å². The summed E-state index contributed by atoms with van der Waals surface area (Å²) in [4.78, 5) is 21.5. The minimum atomic E-state index is -1.83. The first-order chi connectivity index (χ1) is 10.1. The number of benzene rings is 1. The molecule has 0 heterocycles. The van der Waals surface area contributed by atoms with Crippen LogP contribution in [0.4, 0.5) is 0 Å². The lowest BCUT2D eigenvalue weighted by Crippen LogP contribution is -2.40. The van der Waals surface area contributed by atoms with E-state index in [0.717, 1.165) is 24.4 Å². The molecule has 0 unspecified atom stereocenters. The molecule has 21 heavy (non-hydrogen) atoms. The van der Waals surface area contributed by atoms with E-state index in [9.17, 15) is 4.79 Å². The quantitative estimate of drug-likeness (QED) is 0.302. The maximum Gasteiger partial charge on any atom is 0.373 e. The molecule has 0 saturated carbocycles. The van der Waals surface area contributed by atoms with Gasteiger partial charge in [-0.2, -0.15) is 4.89 Å². The standard InChI is InChI=1S/C17H24O3Si/c1-5-8-9-14-19-20-17(18)15-10-12-16(13-11-15)21(4,6-2)7-3/h6-7,10-13H,2-3,5,8-9,14H2,1,4H3. The van der Waals surface area contributed by atoms with Gasteiger partial charge in [-0.15, -0.1) is 13.2 Å². The molecule has 0 aliphatic heterocycles. The molecule has 0 aromatic heterocycles. The zero-order valence-electron chi connectivity index (χ0n) is 12.9. The summed E-state index contributed by atoms with van der Waals surface area (Å²) in [6.07, 6.45) is 3.07. The van der Waals surface area contributed by atoms with Crippen molar-refractivity contribution in [3.8, 4) is 0 Å². The lowest BCUT2D eigenvalue weighted by Gasteiger charge is -2.19. The van der Waals surface area contributed by atoms with Crippen LogP contribution in [-0.4, -0.2) is 20.7 Å². The molecule has 4 heteroatoms. The van der Waals surface area contributed by atoms with E-state index < -0.39 is 14.0 Å². The molecule has 0 spiro atoms. The van der Waals surface area contributed by atoms with Crippen molar-refractivity contribution < 1.29 is 14.6 Å². The maximum atomic E-state index is 11.8. The maximum absolute atomic E-state index is 11.8. The Balaban J connectivity index is 2.59. The van der Waals surface area contributed by atoms with Crippen LogP contribution < -0.4 is 5.19 Å². The van der Waals surface area contributed by atoms with Gasteiger partial charge in [0.2, 0.25) is 0 Å².